The predicted octanol–water partition coefficient (Wildman–Crippen LogP) is 3.03. The Hall–Kier alpha value is -1.35. The van der Waals surface area contributed by atoms with E-state index in [9.17, 15) is 0 Å². The number of benzene rings is 1. The molecule has 0 aliphatic heterocycles. The summed E-state index contributed by atoms with van der Waals surface area (Å²) in [6.07, 6.45) is 3.58. The lowest BCUT2D eigenvalue weighted by atomic mass is 9.96. The normalized spacial score (nSPS) is 19.1. The van der Waals surface area contributed by atoms with Gasteiger partial charge in [-0.1, -0.05) is 19.1 Å². The molecule has 96 valence electrons. The van der Waals surface area contributed by atoms with E-state index in [1.165, 1.54) is 18.4 Å². The highest BCUT2D eigenvalue weighted by Gasteiger charge is 2.42. The molecule has 0 spiro atoms. The summed E-state index contributed by atoms with van der Waals surface area (Å²) in [5.41, 5.74) is 8.55. The van der Waals surface area contributed by atoms with Crippen molar-refractivity contribution in [2.24, 2.45) is 11.7 Å². The Morgan fingerprint density at radius 2 is 2.11 bits per heavy atom. The largest absolute Gasteiger partial charge is 0.326 e. The number of hydrogen-bond acceptors (Lipinski definition) is 2. The molecule has 1 fully saturated rings. The Bertz CT molecular complexity index is 564. The number of fused-ring (bicyclic) bond motifs is 1. The van der Waals surface area contributed by atoms with Crippen LogP contribution in [0, 0.1) is 5.92 Å². The van der Waals surface area contributed by atoms with Crippen LogP contribution in [-0.4, -0.2) is 9.55 Å². The lowest BCUT2D eigenvalue weighted by Crippen LogP contribution is -2.38. The third kappa shape index (κ3) is 1.74. The summed E-state index contributed by atoms with van der Waals surface area (Å²) in [6, 6.07) is 8.34. The minimum absolute atomic E-state index is 0.284. The monoisotopic (exact) mass is 243 g/mol. The highest BCUT2D eigenvalue weighted by atomic mass is 15.1. The van der Waals surface area contributed by atoms with Crippen LogP contribution in [0.25, 0.3) is 11.0 Å². The summed E-state index contributed by atoms with van der Waals surface area (Å²) in [7, 11) is 0. The topological polar surface area (TPSA) is 43.8 Å². The Kier molecular flexibility index (Phi) is 2.67. The van der Waals surface area contributed by atoms with E-state index < -0.39 is 0 Å². The molecule has 1 aliphatic carbocycles. The van der Waals surface area contributed by atoms with Gasteiger partial charge in [0.1, 0.15) is 5.82 Å². The SMILES string of the molecule is CCCn1c(C(C)(N)C2CC2)nc2ccccc21. The third-order valence-electron chi connectivity index (χ3n) is 4.01. The number of imidazole rings is 1. The molecule has 0 saturated heterocycles. The fourth-order valence-electron chi connectivity index (χ4n) is 2.80. The van der Waals surface area contributed by atoms with Crippen molar-refractivity contribution >= 4 is 11.0 Å². The molecule has 0 radical (unpaired) electrons. The van der Waals surface area contributed by atoms with Crippen molar-refractivity contribution in [3.63, 3.8) is 0 Å². The summed E-state index contributed by atoms with van der Waals surface area (Å²) < 4.78 is 2.31. The Balaban J connectivity index is 2.17. The first-order valence-corrected chi connectivity index (χ1v) is 6.89. The number of hydrogen-bond donors (Lipinski definition) is 1. The first-order chi connectivity index (χ1) is 8.64. The molecule has 1 heterocycles. The van der Waals surface area contributed by atoms with E-state index in [1.807, 2.05) is 6.07 Å². The number of para-hydroxylation sites is 2. The van der Waals surface area contributed by atoms with Gasteiger partial charge in [-0.15, -0.1) is 0 Å². The summed E-state index contributed by atoms with van der Waals surface area (Å²) >= 11 is 0. The highest BCUT2D eigenvalue weighted by Crippen LogP contribution is 2.44. The molecule has 18 heavy (non-hydrogen) atoms. The van der Waals surface area contributed by atoms with Crippen LogP contribution >= 0.6 is 0 Å². The molecular weight excluding hydrogens is 222 g/mol. The standard InChI is InChI=1S/C15H21N3/c1-3-10-18-13-7-5-4-6-12(13)17-14(18)15(2,16)11-8-9-11/h4-7,11H,3,8-10,16H2,1-2H3. The van der Waals surface area contributed by atoms with E-state index in [-0.39, 0.29) is 5.54 Å². The van der Waals surface area contributed by atoms with Gasteiger partial charge < -0.3 is 10.3 Å². The van der Waals surface area contributed by atoms with Crippen LogP contribution in [0.15, 0.2) is 24.3 Å². The second-order valence-electron chi connectivity index (χ2n) is 5.63. The van der Waals surface area contributed by atoms with Crippen LogP contribution in [0.3, 0.4) is 0 Å². The molecule has 1 atom stereocenters. The molecular formula is C15H21N3. The average molecular weight is 243 g/mol. The van der Waals surface area contributed by atoms with Crippen molar-refractivity contribution in [3.05, 3.63) is 30.1 Å². The van der Waals surface area contributed by atoms with Crippen LogP contribution in [-0.2, 0) is 12.1 Å². The molecule has 1 aromatic heterocycles. The molecule has 0 amide bonds. The molecule has 0 bridgehead atoms. The van der Waals surface area contributed by atoms with E-state index in [0.29, 0.717) is 5.92 Å². The molecule has 2 aromatic rings. The smallest absolute Gasteiger partial charge is 0.130 e. The van der Waals surface area contributed by atoms with Gasteiger partial charge >= 0.3 is 0 Å². The summed E-state index contributed by atoms with van der Waals surface area (Å²) in [5.74, 6) is 1.66. The van der Waals surface area contributed by atoms with Crippen molar-refractivity contribution in [1.82, 2.24) is 9.55 Å². The van der Waals surface area contributed by atoms with Gasteiger partial charge in [0.15, 0.2) is 0 Å². The zero-order valence-corrected chi connectivity index (χ0v) is 11.2. The second kappa shape index (κ2) is 4.09. The quantitative estimate of drug-likeness (QED) is 0.897. The van der Waals surface area contributed by atoms with E-state index in [0.717, 1.165) is 24.3 Å². The second-order valence-corrected chi connectivity index (χ2v) is 5.63. The molecule has 1 saturated carbocycles. The Labute approximate surface area is 108 Å². The van der Waals surface area contributed by atoms with Crippen LogP contribution in [0.2, 0.25) is 0 Å². The number of nitrogens with two attached hydrogens (primary N) is 1. The van der Waals surface area contributed by atoms with Gasteiger partial charge in [-0.25, -0.2) is 4.98 Å². The minimum Gasteiger partial charge on any atom is -0.326 e. The fourth-order valence-corrected chi connectivity index (χ4v) is 2.80. The van der Waals surface area contributed by atoms with Crippen LogP contribution in [0.5, 0.6) is 0 Å². The maximum absolute atomic E-state index is 6.55. The van der Waals surface area contributed by atoms with E-state index in [4.69, 9.17) is 10.7 Å². The van der Waals surface area contributed by atoms with Crippen LogP contribution in [0.1, 0.15) is 38.9 Å². The van der Waals surface area contributed by atoms with E-state index >= 15 is 0 Å². The molecule has 3 nitrogen and oxygen atoms in total. The Morgan fingerprint density at radius 3 is 2.78 bits per heavy atom. The van der Waals surface area contributed by atoms with Crippen LogP contribution in [0.4, 0.5) is 0 Å². The average Bonchev–Trinajstić information content (AvgIpc) is 3.14. The van der Waals surface area contributed by atoms with Crippen molar-refractivity contribution in [1.29, 1.82) is 0 Å². The first-order valence-electron chi connectivity index (χ1n) is 6.89. The zero-order valence-electron chi connectivity index (χ0n) is 11.2. The summed E-state index contributed by atoms with van der Waals surface area (Å²) in [4.78, 5) is 4.80. The van der Waals surface area contributed by atoms with Gasteiger partial charge in [-0.05, 0) is 44.2 Å². The van der Waals surface area contributed by atoms with Crippen molar-refractivity contribution < 1.29 is 0 Å². The lowest BCUT2D eigenvalue weighted by molar-refractivity contribution is 0.382. The predicted molar refractivity (Wildman–Crippen MR) is 74.3 cm³/mol. The van der Waals surface area contributed by atoms with Gasteiger partial charge in [0.05, 0.1) is 16.6 Å². The number of aryl methyl sites for hydroxylation is 1. The van der Waals surface area contributed by atoms with E-state index in [1.54, 1.807) is 0 Å². The number of aromatic nitrogens is 2. The van der Waals surface area contributed by atoms with Gasteiger partial charge in [0.25, 0.3) is 0 Å². The Morgan fingerprint density at radius 1 is 1.39 bits per heavy atom. The zero-order chi connectivity index (χ0) is 12.8. The van der Waals surface area contributed by atoms with Crippen molar-refractivity contribution in [2.75, 3.05) is 0 Å². The van der Waals surface area contributed by atoms with E-state index in [2.05, 4.69) is 36.6 Å². The number of rotatable bonds is 4. The molecule has 1 aromatic carbocycles. The van der Waals surface area contributed by atoms with Gasteiger partial charge in [-0.2, -0.15) is 0 Å². The minimum atomic E-state index is -0.284. The van der Waals surface area contributed by atoms with Crippen molar-refractivity contribution in [3.8, 4) is 0 Å². The molecule has 1 unspecified atom stereocenters. The number of nitrogens with zero attached hydrogens (tertiary/aromatic N) is 2. The fraction of sp³-hybridized carbons (Fsp3) is 0.533. The van der Waals surface area contributed by atoms with Gasteiger partial charge in [0.2, 0.25) is 0 Å². The van der Waals surface area contributed by atoms with Crippen LogP contribution < -0.4 is 5.73 Å². The summed E-state index contributed by atoms with van der Waals surface area (Å²) in [5, 5.41) is 0. The molecule has 3 heteroatoms. The third-order valence-corrected chi connectivity index (χ3v) is 4.01. The maximum atomic E-state index is 6.55. The molecule has 2 N–H and O–H groups in total. The molecule has 1 aliphatic rings. The van der Waals surface area contributed by atoms with Gasteiger partial charge in [-0.3, -0.25) is 0 Å². The van der Waals surface area contributed by atoms with Crippen molar-refractivity contribution in [2.45, 2.75) is 45.2 Å². The highest BCUT2D eigenvalue weighted by molar-refractivity contribution is 5.76. The maximum Gasteiger partial charge on any atom is 0.130 e. The molecule has 3 rings (SSSR count). The summed E-state index contributed by atoms with van der Waals surface area (Å²) in [6.45, 7) is 5.33. The van der Waals surface area contributed by atoms with Gasteiger partial charge in [0, 0.05) is 6.54 Å². The first kappa shape index (κ1) is 11.7. The lowest BCUT2D eigenvalue weighted by Gasteiger charge is -2.25.